The molecule has 3 aromatic carbocycles. The molecule has 0 aromatic heterocycles. The van der Waals surface area contributed by atoms with Crippen molar-refractivity contribution in [1.82, 2.24) is 15.5 Å². The van der Waals surface area contributed by atoms with Crippen LogP contribution in [0.3, 0.4) is 0 Å². The lowest BCUT2D eigenvalue weighted by atomic mass is 10.0. The molecule has 2 N–H and O–H groups in total. The Balaban J connectivity index is 1.35. The standard InChI is InChI=1S/C28H31N3O3/c32-27(24-14-8-3-9-15-24)30-26(18-22-10-4-1-5-11-22)28(33)29-19-25-21-31(16-17-34-25)20-23-12-6-2-7-13-23/h1-15,25-26H,16-21H2,(H,29,33)(H,30,32)/t25-,26-/m0/s1. The van der Waals surface area contributed by atoms with E-state index in [9.17, 15) is 9.59 Å². The molecule has 176 valence electrons. The molecular weight excluding hydrogens is 426 g/mol. The van der Waals surface area contributed by atoms with Gasteiger partial charge < -0.3 is 15.4 Å². The zero-order valence-corrected chi connectivity index (χ0v) is 19.2. The van der Waals surface area contributed by atoms with Gasteiger partial charge in [-0.3, -0.25) is 14.5 Å². The lowest BCUT2D eigenvalue weighted by Crippen LogP contribution is -2.52. The van der Waals surface area contributed by atoms with Crippen molar-refractivity contribution in [2.24, 2.45) is 0 Å². The zero-order valence-electron chi connectivity index (χ0n) is 19.2. The largest absolute Gasteiger partial charge is 0.374 e. The average Bonchev–Trinajstić information content (AvgIpc) is 2.89. The number of nitrogens with zero attached hydrogens (tertiary/aromatic N) is 1. The minimum atomic E-state index is -0.681. The smallest absolute Gasteiger partial charge is 0.251 e. The fourth-order valence-electron chi connectivity index (χ4n) is 4.12. The number of carbonyl (C=O) groups is 2. The first kappa shape index (κ1) is 23.7. The molecule has 6 heteroatoms. The van der Waals surface area contributed by atoms with Crippen LogP contribution in [0, 0.1) is 0 Å². The number of hydrogen-bond acceptors (Lipinski definition) is 4. The van der Waals surface area contributed by atoms with Gasteiger partial charge in [0.05, 0.1) is 12.7 Å². The second-order valence-corrected chi connectivity index (χ2v) is 8.54. The normalized spacial score (nSPS) is 17.0. The third kappa shape index (κ3) is 7.01. The number of rotatable bonds is 9. The minimum absolute atomic E-state index is 0.0939. The van der Waals surface area contributed by atoms with Crippen LogP contribution in [0.25, 0.3) is 0 Å². The van der Waals surface area contributed by atoms with E-state index in [2.05, 4.69) is 27.7 Å². The Labute approximate surface area is 200 Å². The molecule has 0 unspecified atom stereocenters. The maximum atomic E-state index is 13.1. The first-order chi connectivity index (χ1) is 16.7. The Morgan fingerprint density at radius 3 is 2.18 bits per heavy atom. The highest BCUT2D eigenvalue weighted by molar-refractivity contribution is 5.97. The van der Waals surface area contributed by atoms with E-state index in [4.69, 9.17) is 4.74 Å². The molecule has 0 bridgehead atoms. The monoisotopic (exact) mass is 457 g/mol. The van der Waals surface area contributed by atoms with Gasteiger partial charge >= 0.3 is 0 Å². The fraction of sp³-hybridized carbons (Fsp3) is 0.286. The van der Waals surface area contributed by atoms with Gasteiger partial charge in [0.1, 0.15) is 6.04 Å². The molecule has 34 heavy (non-hydrogen) atoms. The molecule has 1 saturated heterocycles. The first-order valence-electron chi connectivity index (χ1n) is 11.7. The van der Waals surface area contributed by atoms with Crippen molar-refractivity contribution in [2.45, 2.75) is 25.1 Å². The van der Waals surface area contributed by atoms with E-state index >= 15 is 0 Å². The van der Waals surface area contributed by atoms with E-state index in [0.717, 1.165) is 25.2 Å². The van der Waals surface area contributed by atoms with Crippen LogP contribution in [-0.4, -0.2) is 55.1 Å². The highest BCUT2D eigenvalue weighted by Crippen LogP contribution is 2.11. The Morgan fingerprint density at radius 2 is 1.50 bits per heavy atom. The number of morpholine rings is 1. The molecule has 1 aliphatic rings. The molecule has 1 aliphatic heterocycles. The van der Waals surface area contributed by atoms with Crippen LogP contribution < -0.4 is 10.6 Å². The minimum Gasteiger partial charge on any atom is -0.374 e. The number of carbonyl (C=O) groups excluding carboxylic acids is 2. The quantitative estimate of drug-likeness (QED) is 0.518. The molecule has 0 spiro atoms. The third-order valence-electron chi connectivity index (χ3n) is 5.92. The first-order valence-corrected chi connectivity index (χ1v) is 11.7. The maximum absolute atomic E-state index is 13.1. The Hall–Kier alpha value is -3.48. The summed E-state index contributed by atoms with van der Waals surface area (Å²) in [6, 6.07) is 28.3. The van der Waals surface area contributed by atoms with E-state index < -0.39 is 6.04 Å². The van der Waals surface area contributed by atoms with E-state index in [-0.39, 0.29) is 17.9 Å². The molecule has 0 saturated carbocycles. The predicted molar refractivity (Wildman–Crippen MR) is 132 cm³/mol. The summed E-state index contributed by atoms with van der Waals surface area (Å²) in [6.07, 6.45) is 0.320. The van der Waals surface area contributed by atoms with E-state index in [0.29, 0.717) is 25.1 Å². The van der Waals surface area contributed by atoms with Gasteiger partial charge in [0.2, 0.25) is 5.91 Å². The highest BCUT2D eigenvalue weighted by Gasteiger charge is 2.25. The van der Waals surface area contributed by atoms with Crippen LogP contribution in [0.5, 0.6) is 0 Å². The number of amides is 2. The molecule has 2 atom stereocenters. The summed E-state index contributed by atoms with van der Waals surface area (Å²) in [6.45, 7) is 3.50. The van der Waals surface area contributed by atoms with Crippen molar-refractivity contribution in [1.29, 1.82) is 0 Å². The van der Waals surface area contributed by atoms with Crippen molar-refractivity contribution < 1.29 is 14.3 Å². The van der Waals surface area contributed by atoms with Crippen LogP contribution in [0.4, 0.5) is 0 Å². The second-order valence-electron chi connectivity index (χ2n) is 8.54. The van der Waals surface area contributed by atoms with Gasteiger partial charge in [0.25, 0.3) is 5.91 Å². The lowest BCUT2D eigenvalue weighted by Gasteiger charge is -2.33. The van der Waals surface area contributed by atoms with Crippen LogP contribution >= 0.6 is 0 Å². The third-order valence-corrected chi connectivity index (χ3v) is 5.92. The number of nitrogens with one attached hydrogen (secondary N) is 2. The summed E-state index contributed by atoms with van der Waals surface area (Å²) in [5.41, 5.74) is 2.78. The molecule has 0 aliphatic carbocycles. The van der Waals surface area contributed by atoms with Gasteiger partial charge in [-0.1, -0.05) is 78.9 Å². The van der Waals surface area contributed by atoms with Crippen LogP contribution in [0.1, 0.15) is 21.5 Å². The maximum Gasteiger partial charge on any atom is 0.251 e. The van der Waals surface area contributed by atoms with Gasteiger partial charge in [0, 0.05) is 38.2 Å². The van der Waals surface area contributed by atoms with Gasteiger partial charge in [0.15, 0.2) is 0 Å². The molecule has 0 radical (unpaired) electrons. The summed E-state index contributed by atoms with van der Waals surface area (Å²) < 4.78 is 5.90. The summed E-state index contributed by atoms with van der Waals surface area (Å²) in [4.78, 5) is 28.2. The van der Waals surface area contributed by atoms with E-state index in [1.165, 1.54) is 5.56 Å². The van der Waals surface area contributed by atoms with Gasteiger partial charge in [-0.25, -0.2) is 0 Å². The molecule has 3 aromatic rings. The highest BCUT2D eigenvalue weighted by atomic mass is 16.5. The fourth-order valence-corrected chi connectivity index (χ4v) is 4.12. The topological polar surface area (TPSA) is 70.7 Å². The molecule has 6 nitrogen and oxygen atoms in total. The molecular formula is C28H31N3O3. The van der Waals surface area contributed by atoms with Crippen molar-refractivity contribution in [3.63, 3.8) is 0 Å². The Bertz CT molecular complexity index is 1040. The number of benzene rings is 3. The molecule has 2 amide bonds. The summed E-state index contributed by atoms with van der Waals surface area (Å²) in [5, 5.41) is 5.92. The van der Waals surface area contributed by atoms with E-state index in [1.54, 1.807) is 12.1 Å². The Morgan fingerprint density at radius 1 is 0.882 bits per heavy atom. The predicted octanol–water partition coefficient (Wildman–Crippen LogP) is 3.04. The van der Waals surface area contributed by atoms with Crippen molar-refractivity contribution in [3.8, 4) is 0 Å². The van der Waals surface area contributed by atoms with Crippen molar-refractivity contribution >= 4 is 11.8 Å². The van der Waals surface area contributed by atoms with Gasteiger partial charge in [-0.15, -0.1) is 0 Å². The van der Waals surface area contributed by atoms with Crippen LogP contribution in [-0.2, 0) is 22.5 Å². The zero-order chi connectivity index (χ0) is 23.6. The Kier molecular flexibility index (Phi) is 8.43. The van der Waals surface area contributed by atoms with Crippen LogP contribution in [0.2, 0.25) is 0 Å². The van der Waals surface area contributed by atoms with E-state index in [1.807, 2.05) is 66.7 Å². The molecule has 1 fully saturated rings. The van der Waals surface area contributed by atoms with Crippen LogP contribution in [0.15, 0.2) is 91.0 Å². The SMILES string of the molecule is O=C(N[C@@H](Cc1ccccc1)C(=O)NC[C@H]1CN(Cc2ccccc2)CCO1)c1ccccc1. The van der Waals surface area contributed by atoms with Crippen molar-refractivity contribution in [3.05, 3.63) is 108 Å². The number of hydrogen-bond donors (Lipinski definition) is 2. The average molecular weight is 458 g/mol. The molecule has 4 rings (SSSR count). The second kappa shape index (κ2) is 12.1. The summed E-state index contributed by atoms with van der Waals surface area (Å²) >= 11 is 0. The lowest BCUT2D eigenvalue weighted by molar-refractivity contribution is -0.124. The summed E-state index contributed by atoms with van der Waals surface area (Å²) in [7, 11) is 0. The number of ether oxygens (including phenoxy) is 1. The van der Waals surface area contributed by atoms with Gasteiger partial charge in [-0.2, -0.15) is 0 Å². The summed E-state index contributed by atoms with van der Waals surface area (Å²) in [5.74, 6) is -0.475. The molecule has 1 heterocycles. The van der Waals surface area contributed by atoms with Crippen molar-refractivity contribution in [2.75, 3.05) is 26.2 Å². The van der Waals surface area contributed by atoms with Gasteiger partial charge in [-0.05, 0) is 23.3 Å².